The lowest BCUT2D eigenvalue weighted by molar-refractivity contribution is 0.477. The normalized spacial score (nSPS) is 12.3. The number of hydrogen-bond acceptors (Lipinski definition) is 2. The Bertz CT molecular complexity index is 604. The van der Waals surface area contributed by atoms with Crippen molar-refractivity contribution >= 4 is 27.5 Å². The lowest BCUT2D eigenvalue weighted by Crippen LogP contribution is -2.04. The van der Waals surface area contributed by atoms with E-state index >= 15 is 0 Å². The van der Waals surface area contributed by atoms with Crippen LogP contribution in [0.25, 0.3) is 0 Å². The number of rotatable bonds is 3. The molecule has 100 valence electrons. The Morgan fingerprint density at radius 3 is 2.47 bits per heavy atom. The molecule has 0 saturated heterocycles. The minimum absolute atomic E-state index is 0.0558. The molecule has 0 radical (unpaired) electrons. The second-order valence-corrected chi connectivity index (χ2v) is 5.42. The van der Waals surface area contributed by atoms with Crippen LogP contribution < -0.4 is 10.5 Å². The Morgan fingerprint density at radius 2 is 1.89 bits per heavy atom. The highest BCUT2D eigenvalue weighted by Crippen LogP contribution is 2.35. The molecule has 0 fully saturated rings. The van der Waals surface area contributed by atoms with Gasteiger partial charge >= 0.3 is 0 Å². The van der Waals surface area contributed by atoms with Gasteiger partial charge in [-0.2, -0.15) is 0 Å². The summed E-state index contributed by atoms with van der Waals surface area (Å²) in [5.41, 5.74) is 6.79. The standard InChI is InChI=1S/C14H12BrClFNO/c1-8(18)9-2-4-13(11(15)6-9)19-14-5-3-10(17)7-12(14)16/h2-8H,18H2,1H3. The Kier molecular flexibility index (Phi) is 4.45. The molecule has 2 nitrogen and oxygen atoms in total. The molecule has 0 amide bonds. The molecule has 2 aromatic carbocycles. The van der Waals surface area contributed by atoms with Crippen LogP contribution in [-0.2, 0) is 0 Å². The zero-order valence-electron chi connectivity index (χ0n) is 10.2. The maximum Gasteiger partial charge on any atom is 0.146 e. The van der Waals surface area contributed by atoms with E-state index in [2.05, 4.69) is 15.9 Å². The largest absolute Gasteiger partial charge is 0.455 e. The van der Waals surface area contributed by atoms with Crippen LogP contribution in [0.15, 0.2) is 40.9 Å². The van der Waals surface area contributed by atoms with Crippen molar-refractivity contribution in [3.05, 3.63) is 57.3 Å². The molecule has 1 unspecified atom stereocenters. The van der Waals surface area contributed by atoms with E-state index in [1.165, 1.54) is 18.2 Å². The minimum Gasteiger partial charge on any atom is -0.455 e. The summed E-state index contributed by atoms with van der Waals surface area (Å²) >= 11 is 9.33. The van der Waals surface area contributed by atoms with E-state index in [9.17, 15) is 4.39 Å². The van der Waals surface area contributed by atoms with Crippen molar-refractivity contribution in [1.29, 1.82) is 0 Å². The third-order valence-corrected chi connectivity index (χ3v) is 3.51. The molecule has 19 heavy (non-hydrogen) atoms. The fourth-order valence-corrected chi connectivity index (χ4v) is 2.24. The summed E-state index contributed by atoms with van der Waals surface area (Å²) in [6, 6.07) is 9.50. The van der Waals surface area contributed by atoms with Crippen LogP contribution in [0.1, 0.15) is 18.5 Å². The van der Waals surface area contributed by atoms with Crippen molar-refractivity contribution in [2.45, 2.75) is 13.0 Å². The van der Waals surface area contributed by atoms with Crippen LogP contribution in [0, 0.1) is 5.82 Å². The summed E-state index contributed by atoms with van der Waals surface area (Å²) in [7, 11) is 0. The summed E-state index contributed by atoms with van der Waals surface area (Å²) in [6.07, 6.45) is 0. The van der Waals surface area contributed by atoms with Gasteiger partial charge < -0.3 is 10.5 Å². The van der Waals surface area contributed by atoms with E-state index in [0.717, 1.165) is 10.0 Å². The zero-order valence-corrected chi connectivity index (χ0v) is 12.5. The van der Waals surface area contributed by atoms with Gasteiger partial charge in [0.25, 0.3) is 0 Å². The Balaban J connectivity index is 2.28. The second-order valence-electron chi connectivity index (χ2n) is 4.16. The molecule has 2 N–H and O–H groups in total. The van der Waals surface area contributed by atoms with Gasteiger partial charge in [0.1, 0.15) is 17.3 Å². The molecule has 0 heterocycles. The molecule has 2 rings (SSSR count). The predicted molar refractivity (Wildman–Crippen MR) is 78.2 cm³/mol. The molecule has 0 bridgehead atoms. The van der Waals surface area contributed by atoms with Crippen LogP contribution in [0.5, 0.6) is 11.5 Å². The fourth-order valence-electron chi connectivity index (χ4n) is 1.56. The first-order valence-corrected chi connectivity index (χ1v) is 6.82. The predicted octanol–water partition coefficient (Wildman–Crippen LogP) is 5.05. The maximum atomic E-state index is 12.9. The molecule has 0 aromatic heterocycles. The Labute approximate surface area is 124 Å². The fraction of sp³-hybridized carbons (Fsp3) is 0.143. The van der Waals surface area contributed by atoms with Gasteiger partial charge in [0.15, 0.2) is 0 Å². The maximum absolute atomic E-state index is 12.9. The highest BCUT2D eigenvalue weighted by atomic mass is 79.9. The topological polar surface area (TPSA) is 35.2 Å². The molecule has 2 aromatic rings. The highest BCUT2D eigenvalue weighted by molar-refractivity contribution is 9.10. The van der Waals surface area contributed by atoms with Gasteiger partial charge in [-0.15, -0.1) is 0 Å². The molecule has 0 aliphatic carbocycles. The minimum atomic E-state index is -0.399. The lowest BCUT2D eigenvalue weighted by atomic mass is 10.1. The molecule has 0 aliphatic heterocycles. The van der Waals surface area contributed by atoms with Gasteiger partial charge in [-0.05, 0) is 58.7 Å². The molecule has 0 aliphatic rings. The van der Waals surface area contributed by atoms with Gasteiger partial charge in [0, 0.05) is 6.04 Å². The van der Waals surface area contributed by atoms with Crippen LogP contribution in [0.3, 0.4) is 0 Å². The van der Waals surface area contributed by atoms with Gasteiger partial charge in [-0.1, -0.05) is 17.7 Å². The third kappa shape index (κ3) is 3.47. The van der Waals surface area contributed by atoms with E-state index in [1.54, 1.807) is 6.07 Å². The van der Waals surface area contributed by atoms with E-state index in [-0.39, 0.29) is 11.1 Å². The number of ether oxygens (including phenoxy) is 1. The average molecular weight is 345 g/mol. The van der Waals surface area contributed by atoms with E-state index < -0.39 is 5.82 Å². The second kappa shape index (κ2) is 5.90. The quantitative estimate of drug-likeness (QED) is 0.845. The molecular formula is C14H12BrClFNO. The summed E-state index contributed by atoms with van der Waals surface area (Å²) in [5.74, 6) is 0.596. The first-order chi connectivity index (χ1) is 8.97. The van der Waals surface area contributed by atoms with Crippen LogP contribution >= 0.6 is 27.5 Å². The summed E-state index contributed by atoms with van der Waals surface area (Å²) in [4.78, 5) is 0. The van der Waals surface area contributed by atoms with Gasteiger partial charge in [0.2, 0.25) is 0 Å². The summed E-state index contributed by atoms with van der Waals surface area (Å²) in [6.45, 7) is 1.90. The number of halogens is 3. The monoisotopic (exact) mass is 343 g/mol. The third-order valence-electron chi connectivity index (χ3n) is 2.60. The van der Waals surface area contributed by atoms with Crippen molar-refractivity contribution in [2.24, 2.45) is 5.73 Å². The highest BCUT2D eigenvalue weighted by Gasteiger charge is 2.09. The van der Waals surface area contributed by atoms with E-state index in [0.29, 0.717) is 11.5 Å². The Hall–Kier alpha value is -1.10. The van der Waals surface area contributed by atoms with Crippen molar-refractivity contribution < 1.29 is 9.13 Å². The summed E-state index contributed by atoms with van der Waals surface area (Å²) < 4.78 is 19.4. The SMILES string of the molecule is CC(N)c1ccc(Oc2ccc(F)cc2Cl)c(Br)c1. The first kappa shape index (κ1) is 14.3. The van der Waals surface area contributed by atoms with Crippen LogP contribution in [0.2, 0.25) is 5.02 Å². The van der Waals surface area contributed by atoms with Crippen molar-refractivity contribution in [3.63, 3.8) is 0 Å². The van der Waals surface area contributed by atoms with Crippen molar-refractivity contribution in [1.82, 2.24) is 0 Å². The van der Waals surface area contributed by atoms with Crippen molar-refractivity contribution in [2.75, 3.05) is 0 Å². The van der Waals surface area contributed by atoms with E-state index in [4.69, 9.17) is 22.1 Å². The summed E-state index contributed by atoms with van der Waals surface area (Å²) in [5, 5.41) is 0.225. The van der Waals surface area contributed by atoms with Gasteiger partial charge in [0.05, 0.1) is 9.50 Å². The lowest BCUT2D eigenvalue weighted by Gasteiger charge is -2.12. The molecule has 0 spiro atoms. The molecule has 5 heteroatoms. The van der Waals surface area contributed by atoms with Crippen molar-refractivity contribution in [3.8, 4) is 11.5 Å². The van der Waals surface area contributed by atoms with Gasteiger partial charge in [-0.25, -0.2) is 4.39 Å². The molecular weight excluding hydrogens is 333 g/mol. The smallest absolute Gasteiger partial charge is 0.146 e. The zero-order chi connectivity index (χ0) is 14.0. The Morgan fingerprint density at radius 1 is 1.21 bits per heavy atom. The molecule has 1 atom stereocenters. The average Bonchev–Trinajstić information content (AvgIpc) is 2.34. The van der Waals surface area contributed by atoms with Crippen LogP contribution in [0.4, 0.5) is 4.39 Å². The molecule has 0 saturated carbocycles. The number of nitrogens with two attached hydrogens (primary N) is 1. The van der Waals surface area contributed by atoms with E-state index in [1.807, 2.05) is 19.1 Å². The van der Waals surface area contributed by atoms with Crippen LogP contribution in [-0.4, -0.2) is 0 Å². The number of hydrogen-bond donors (Lipinski definition) is 1. The van der Waals surface area contributed by atoms with Gasteiger partial charge in [-0.3, -0.25) is 0 Å². The first-order valence-electron chi connectivity index (χ1n) is 5.65. The number of benzene rings is 2.